The van der Waals surface area contributed by atoms with Crippen molar-refractivity contribution in [3.05, 3.63) is 46.1 Å². The van der Waals surface area contributed by atoms with Gasteiger partial charge in [-0.3, -0.25) is 4.79 Å². The number of hydrogen-bond donors (Lipinski definition) is 4. The van der Waals surface area contributed by atoms with Crippen molar-refractivity contribution >= 4 is 6.29 Å². The van der Waals surface area contributed by atoms with E-state index in [1.807, 2.05) is 26.8 Å². The maximum absolute atomic E-state index is 11.2. The average Bonchev–Trinajstić information content (AvgIpc) is 2.59. The number of aldehydes is 1. The Labute approximate surface area is 168 Å². The third-order valence-electron chi connectivity index (χ3n) is 4.84. The van der Waals surface area contributed by atoms with Gasteiger partial charge in [0.25, 0.3) is 0 Å². The topological polar surface area (TPSA) is 98.0 Å². The van der Waals surface area contributed by atoms with Crippen LogP contribution >= 0.6 is 0 Å². The molecule has 28 heavy (non-hydrogen) atoms. The molecule has 0 saturated carbocycles. The molecule has 0 atom stereocenters. The summed E-state index contributed by atoms with van der Waals surface area (Å²) in [5, 5.41) is 39.3. The van der Waals surface area contributed by atoms with Crippen LogP contribution in [0.4, 0.5) is 0 Å². The van der Waals surface area contributed by atoms with Crippen molar-refractivity contribution in [2.24, 2.45) is 0 Å². The molecule has 0 saturated heterocycles. The Kier molecular flexibility index (Phi) is 9.42. The van der Waals surface area contributed by atoms with Gasteiger partial charge in [0.15, 0.2) is 6.29 Å². The summed E-state index contributed by atoms with van der Waals surface area (Å²) in [5.74, 6) is -0.399. The fraction of sp³-hybridized carbons (Fsp3) is 0.522. The van der Waals surface area contributed by atoms with Crippen LogP contribution in [0.25, 0.3) is 0 Å². The van der Waals surface area contributed by atoms with Crippen LogP contribution in [0, 0.1) is 0 Å². The second kappa shape index (κ2) is 11.0. The van der Waals surface area contributed by atoms with E-state index in [4.69, 9.17) is 0 Å². The van der Waals surface area contributed by atoms with Crippen molar-refractivity contribution in [1.82, 2.24) is 0 Å². The highest BCUT2D eigenvalue weighted by Gasteiger charge is 2.16. The zero-order chi connectivity index (χ0) is 21.3. The molecule has 0 unspecified atom stereocenters. The molecule has 0 aliphatic heterocycles. The Morgan fingerprint density at radius 1 is 1.11 bits per heavy atom. The third-order valence-corrected chi connectivity index (χ3v) is 4.84. The van der Waals surface area contributed by atoms with Crippen LogP contribution in [0.5, 0.6) is 11.5 Å². The molecule has 5 nitrogen and oxygen atoms in total. The monoisotopic (exact) mass is 390 g/mol. The van der Waals surface area contributed by atoms with Crippen molar-refractivity contribution in [2.75, 3.05) is 0 Å². The molecular weight excluding hydrogens is 356 g/mol. The van der Waals surface area contributed by atoms with Gasteiger partial charge in [-0.25, -0.2) is 0 Å². The van der Waals surface area contributed by atoms with Gasteiger partial charge in [0.05, 0.1) is 17.8 Å². The molecule has 0 aromatic heterocycles. The second-order valence-corrected chi connectivity index (χ2v) is 8.08. The number of benzene rings is 1. The molecule has 5 heteroatoms. The molecule has 1 aromatic rings. The molecule has 0 aliphatic carbocycles. The molecular formula is C23H34O5. The normalized spacial score (nSPS) is 13.1. The van der Waals surface area contributed by atoms with E-state index in [1.165, 1.54) is 11.6 Å². The summed E-state index contributed by atoms with van der Waals surface area (Å²) in [4.78, 5) is 11.2. The predicted octanol–water partition coefficient (Wildman–Crippen LogP) is 4.56. The quantitative estimate of drug-likeness (QED) is 0.328. The van der Waals surface area contributed by atoms with Gasteiger partial charge in [-0.1, -0.05) is 23.3 Å². The van der Waals surface area contributed by atoms with Crippen molar-refractivity contribution in [3.63, 3.8) is 0 Å². The van der Waals surface area contributed by atoms with Crippen molar-refractivity contribution < 1.29 is 25.2 Å². The number of aliphatic hydroxyl groups is 2. The number of aromatic hydroxyl groups is 2. The second-order valence-electron chi connectivity index (χ2n) is 8.08. The Hall–Kier alpha value is -2.11. The van der Waals surface area contributed by atoms with Crippen molar-refractivity contribution in [2.45, 2.75) is 78.4 Å². The average molecular weight is 391 g/mol. The lowest BCUT2D eigenvalue weighted by Gasteiger charge is -2.16. The van der Waals surface area contributed by atoms with Gasteiger partial charge in [-0.05, 0) is 77.8 Å². The number of phenolic OH excluding ortho intramolecular Hbond substituents is 2. The van der Waals surface area contributed by atoms with E-state index in [9.17, 15) is 25.2 Å². The highest BCUT2D eigenvalue weighted by atomic mass is 16.3. The molecule has 156 valence electrons. The Bertz CT molecular complexity index is 723. The Morgan fingerprint density at radius 3 is 2.32 bits per heavy atom. The molecule has 0 bridgehead atoms. The van der Waals surface area contributed by atoms with Crippen LogP contribution in [0.1, 0.15) is 81.3 Å². The summed E-state index contributed by atoms with van der Waals surface area (Å²) in [7, 11) is 0. The number of rotatable bonds is 11. The zero-order valence-electron chi connectivity index (χ0n) is 17.5. The fourth-order valence-corrected chi connectivity index (χ4v) is 3.06. The first kappa shape index (κ1) is 23.9. The van der Waals surface area contributed by atoms with Gasteiger partial charge in [0.2, 0.25) is 0 Å². The number of phenols is 2. The molecule has 1 aromatic carbocycles. The molecule has 0 aliphatic rings. The smallest absolute Gasteiger partial charge is 0.154 e. The maximum Gasteiger partial charge on any atom is 0.154 e. The lowest BCUT2D eigenvalue weighted by molar-refractivity contribution is 0.0689. The van der Waals surface area contributed by atoms with E-state index < -0.39 is 12.2 Å². The van der Waals surface area contributed by atoms with Gasteiger partial charge in [-0.15, -0.1) is 0 Å². The van der Waals surface area contributed by atoms with Crippen LogP contribution in [-0.2, 0) is 13.0 Å². The maximum atomic E-state index is 11.2. The summed E-state index contributed by atoms with van der Waals surface area (Å²) in [5.41, 5.74) is 2.33. The van der Waals surface area contributed by atoms with Gasteiger partial charge in [0, 0.05) is 5.56 Å². The highest BCUT2D eigenvalue weighted by molar-refractivity contribution is 5.83. The first-order valence-corrected chi connectivity index (χ1v) is 9.75. The Morgan fingerprint density at radius 2 is 1.75 bits per heavy atom. The molecule has 4 N–H and O–H groups in total. The van der Waals surface area contributed by atoms with Crippen LogP contribution < -0.4 is 0 Å². The first-order valence-electron chi connectivity index (χ1n) is 9.75. The minimum atomic E-state index is -0.615. The lowest BCUT2D eigenvalue weighted by atomic mass is 9.98. The summed E-state index contributed by atoms with van der Waals surface area (Å²) in [6.07, 6.45) is 9.41. The number of allylic oxidation sites excluding steroid dienone is 4. The van der Waals surface area contributed by atoms with Gasteiger partial charge in [-0.2, -0.15) is 0 Å². The summed E-state index contributed by atoms with van der Waals surface area (Å²) in [6, 6.07) is 1.32. The minimum absolute atomic E-state index is 0.0194. The van der Waals surface area contributed by atoms with E-state index in [0.717, 1.165) is 37.7 Å². The van der Waals surface area contributed by atoms with Crippen LogP contribution in [0.2, 0.25) is 0 Å². The van der Waals surface area contributed by atoms with E-state index in [-0.39, 0.29) is 28.2 Å². The number of carbonyl (C=O) groups excluding carboxylic acids is 1. The highest BCUT2D eigenvalue weighted by Crippen LogP contribution is 2.33. The standard InChI is InChI=1S/C23H34O5/c1-16(9-6-12-23(3,4)28)7-5-8-17(2)10-11-19-21(26)13-18(14-24)20(15-25)22(19)27/h7,10,13,15,24,26-28H,5-6,8-9,11-12,14H2,1-4H3. The SMILES string of the molecule is CC(=CCc1c(O)cc(CO)c(C=O)c1O)CCC=C(C)CCCC(C)(C)O. The zero-order valence-corrected chi connectivity index (χ0v) is 17.5. The lowest BCUT2D eigenvalue weighted by Crippen LogP contribution is -2.17. The summed E-state index contributed by atoms with van der Waals surface area (Å²) < 4.78 is 0. The van der Waals surface area contributed by atoms with Gasteiger partial charge < -0.3 is 20.4 Å². The van der Waals surface area contributed by atoms with Crippen molar-refractivity contribution in [3.8, 4) is 11.5 Å². The summed E-state index contributed by atoms with van der Waals surface area (Å²) >= 11 is 0. The van der Waals surface area contributed by atoms with Gasteiger partial charge in [0.1, 0.15) is 11.5 Å². The van der Waals surface area contributed by atoms with E-state index in [2.05, 4.69) is 13.0 Å². The van der Waals surface area contributed by atoms with Crippen LogP contribution in [0.3, 0.4) is 0 Å². The molecule has 0 fully saturated rings. The predicted molar refractivity (Wildman–Crippen MR) is 112 cm³/mol. The molecule has 0 spiro atoms. The summed E-state index contributed by atoms with van der Waals surface area (Å²) in [6.45, 7) is 7.32. The minimum Gasteiger partial charge on any atom is -0.508 e. The molecule has 0 radical (unpaired) electrons. The Balaban J connectivity index is 2.64. The first-order chi connectivity index (χ1) is 13.1. The molecule has 0 heterocycles. The van der Waals surface area contributed by atoms with Crippen LogP contribution in [0.15, 0.2) is 29.4 Å². The third kappa shape index (κ3) is 7.87. The van der Waals surface area contributed by atoms with E-state index in [0.29, 0.717) is 12.7 Å². The van der Waals surface area contributed by atoms with E-state index in [1.54, 1.807) is 0 Å². The number of carbonyl (C=O) groups is 1. The fourth-order valence-electron chi connectivity index (χ4n) is 3.06. The molecule has 1 rings (SSSR count). The largest absolute Gasteiger partial charge is 0.508 e. The number of aliphatic hydroxyl groups excluding tert-OH is 1. The van der Waals surface area contributed by atoms with E-state index >= 15 is 0 Å². The van der Waals surface area contributed by atoms with Crippen LogP contribution in [-0.4, -0.2) is 32.3 Å². The molecule has 0 amide bonds. The van der Waals surface area contributed by atoms with Gasteiger partial charge >= 0.3 is 0 Å². The number of hydrogen-bond acceptors (Lipinski definition) is 5. The van der Waals surface area contributed by atoms with Crippen molar-refractivity contribution in [1.29, 1.82) is 0 Å².